The number of carbonyl (C=O) groups is 2. The van der Waals surface area contributed by atoms with Crippen molar-refractivity contribution < 1.29 is 19.1 Å². The maximum absolute atomic E-state index is 13.1. The number of amides is 2. The Morgan fingerprint density at radius 1 is 1.06 bits per heavy atom. The van der Waals surface area contributed by atoms with E-state index in [1.807, 2.05) is 36.4 Å². The highest BCUT2D eigenvalue weighted by molar-refractivity contribution is 5.97. The van der Waals surface area contributed by atoms with E-state index in [1.54, 1.807) is 0 Å². The van der Waals surface area contributed by atoms with E-state index >= 15 is 0 Å². The van der Waals surface area contributed by atoms with E-state index in [0.717, 1.165) is 56.3 Å². The second kappa shape index (κ2) is 10.7. The molecule has 1 heterocycles. The summed E-state index contributed by atoms with van der Waals surface area (Å²) in [7, 11) is 0. The molecule has 0 bridgehead atoms. The molecule has 1 fully saturated rings. The summed E-state index contributed by atoms with van der Waals surface area (Å²) in [5.74, 6) is 0.618. The fraction of sp³-hybridized carbons (Fsp3) is 0.481. The molecule has 6 nitrogen and oxygen atoms in total. The first-order valence-corrected chi connectivity index (χ1v) is 12.1. The second-order valence-corrected chi connectivity index (χ2v) is 9.11. The summed E-state index contributed by atoms with van der Waals surface area (Å²) in [4.78, 5) is 25.2. The average Bonchev–Trinajstić information content (AvgIpc) is 3.33. The third kappa shape index (κ3) is 5.49. The van der Waals surface area contributed by atoms with Crippen LogP contribution < -0.4 is 15.4 Å². The summed E-state index contributed by atoms with van der Waals surface area (Å²) < 4.78 is 11.4. The molecule has 0 saturated heterocycles. The third-order valence-electron chi connectivity index (χ3n) is 6.90. The van der Waals surface area contributed by atoms with Gasteiger partial charge in [0.15, 0.2) is 0 Å². The molecule has 1 saturated carbocycles. The topological polar surface area (TPSA) is 76.7 Å². The molecule has 33 heavy (non-hydrogen) atoms. The van der Waals surface area contributed by atoms with Crippen molar-refractivity contribution >= 4 is 12.0 Å². The zero-order valence-electron chi connectivity index (χ0n) is 19.4. The maximum atomic E-state index is 13.1. The van der Waals surface area contributed by atoms with E-state index in [-0.39, 0.29) is 23.5 Å². The maximum Gasteiger partial charge on any atom is 0.407 e. The molecule has 0 atom stereocenters. The van der Waals surface area contributed by atoms with Crippen molar-refractivity contribution in [3.8, 4) is 5.75 Å². The second-order valence-electron chi connectivity index (χ2n) is 9.11. The van der Waals surface area contributed by atoms with Crippen LogP contribution in [0.15, 0.2) is 48.5 Å². The smallest absolute Gasteiger partial charge is 0.407 e. The number of nitrogens with one attached hydrogen (secondary N) is 2. The molecule has 1 aliphatic heterocycles. The number of benzene rings is 2. The first-order valence-electron chi connectivity index (χ1n) is 12.1. The van der Waals surface area contributed by atoms with Crippen LogP contribution in [0.4, 0.5) is 4.79 Å². The van der Waals surface area contributed by atoms with Crippen LogP contribution >= 0.6 is 0 Å². The Morgan fingerprint density at radius 3 is 2.61 bits per heavy atom. The van der Waals surface area contributed by atoms with Gasteiger partial charge in [-0.1, -0.05) is 55.8 Å². The predicted molar refractivity (Wildman–Crippen MR) is 128 cm³/mol. The largest absolute Gasteiger partial charge is 0.492 e. The average molecular weight is 451 g/mol. The number of rotatable bonds is 8. The van der Waals surface area contributed by atoms with Gasteiger partial charge in [-0.25, -0.2) is 4.79 Å². The molecule has 4 rings (SSSR count). The predicted octanol–water partition coefficient (Wildman–Crippen LogP) is 4.76. The summed E-state index contributed by atoms with van der Waals surface area (Å²) in [6.45, 7) is 3.90. The number of para-hydroxylation sites is 1. The minimum atomic E-state index is -0.327. The molecular formula is C27H34N2O4. The standard InChI is InChI=1S/C27H34N2O4/c1-2-3-17-28-26(31)33-22-12-15-27(16-13-22,21-9-5-4-6-10-21)19-29-25(30)23-11-7-8-20-14-18-32-24(20)23/h4-11,22H,2-3,12-19H2,1H3,(H,28,31)(H,29,30). The summed E-state index contributed by atoms with van der Waals surface area (Å²) in [6.07, 6.45) is 5.64. The van der Waals surface area contributed by atoms with Crippen molar-refractivity contribution in [2.45, 2.75) is 63.4 Å². The van der Waals surface area contributed by atoms with Crippen molar-refractivity contribution in [1.82, 2.24) is 10.6 Å². The molecule has 2 amide bonds. The molecule has 2 aromatic carbocycles. The molecule has 2 aromatic rings. The Balaban J connectivity index is 1.41. The van der Waals surface area contributed by atoms with Crippen LogP contribution in [0.2, 0.25) is 0 Å². The van der Waals surface area contributed by atoms with Gasteiger partial charge in [-0.15, -0.1) is 0 Å². The van der Waals surface area contributed by atoms with Gasteiger partial charge in [0.1, 0.15) is 11.9 Å². The Labute approximate surface area is 196 Å². The molecule has 2 N–H and O–H groups in total. The SMILES string of the molecule is CCCCNC(=O)OC1CCC(CNC(=O)c2cccc3c2OCC3)(c2ccccc2)CC1. The van der Waals surface area contributed by atoms with Crippen molar-refractivity contribution in [2.24, 2.45) is 0 Å². The van der Waals surface area contributed by atoms with E-state index in [0.29, 0.717) is 25.3 Å². The van der Waals surface area contributed by atoms with Crippen LogP contribution in [0, 0.1) is 0 Å². The van der Waals surface area contributed by atoms with Gasteiger partial charge in [-0.3, -0.25) is 4.79 Å². The minimum absolute atomic E-state index is 0.0926. The lowest BCUT2D eigenvalue weighted by Crippen LogP contribution is -2.45. The number of alkyl carbamates (subject to hydrolysis) is 1. The van der Waals surface area contributed by atoms with Crippen molar-refractivity contribution in [1.29, 1.82) is 0 Å². The summed E-state index contributed by atoms with van der Waals surface area (Å²) in [6, 6.07) is 16.1. The lowest BCUT2D eigenvalue weighted by Gasteiger charge is -2.40. The third-order valence-corrected chi connectivity index (χ3v) is 6.90. The number of fused-ring (bicyclic) bond motifs is 1. The van der Waals surface area contributed by atoms with Gasteiger partial charge < -0.3 is 20.1 Å². The highest BCUT2D eigenvalue weighted by Crippen LogP contribution is 2.40. The Morgan fingerprint density at radius 2 is 1.85 bits per heavy atom. The van der Waals surface area contributed by atoms with Crippen LogP contribution in [-0.2, 0) is 16.6 Å². The van der Waals surface area contributed by atoms with Gasteiger partial charge >= 0.3 is 6.09 Å². The van der Waals surface area contributed by atoms with Crippen molar-refractivity contribution in [2.75, 3.05) is 19.7 Å². The van der Waals surface area contributed by atoms with Gasteiger partial charge in [0.25, 0.3) is 5.91 Å². The summed E-state index contributed by atoms with van der Waals surface area (Å²) >= 11 is 0. The fourth-order valence-corrected chi connectivity index (χ4v) is 4.92. The van der Waals surface area contributed by atoms with Crippen molar-refractivity contribution in [3.05, 3.63) is 65.2 Å². The van der Waals surface area contributed by atoms with Gasteiger partial charge in [0.05, 0.1) is 12.2 Å². The van der Waals surface area contributed by atoms with Gasteiger partial charge in [-0.2, -0.15) is 0 Å². The van der Waals surface area contributed by atoms with Crippen LogP contribution in [0.3, 0.4) is 0 Å². The summed E-state index contributed by atoms with van der Waals surface area (Å²) in [5.41, 5.74) is 2.73. The number of hydrogen-bond donors (Lipinski definition) is 2. The molecule has 0 radical (unpaired) electrons. The van der Waals surface area contributed by atoms with Gasteiger partial charge in [0, 0.05) is 24.9 Å². The number of carbonyl (C=O) groups excluding carboxylic acids is 2. The number of unbranched alkanes of at least 4 members (excludes halogenated alkanes) is 1. The number of ether oxygens (including phenoxy) is 2. The lowest BCUT2D eigenvalue weighted by molar-refractivity contribution is 0.0565. The first-order chi connectivity index (χ1) is 16.1. The molecule has 0 unspecified atom stereocenters. The molecule has 2 aliphatic rings. The van der Waals surface area contributed by atoms with E-state index in [2.05, 4.69) is 29.7 Å². The van der Waals surface area contributed by atoms with Crippen LogP contribution in [-0.4, -0.2) is 37.8 Å². The highest BCUT2D eigenvalue weighted by atomic mass is 16.6. The van der Waals surface area contributed by atoms with E-state index in [4.69, 9.17) is 9.47 Å². The van der Waals surface area contributed by atoms with Crippen LogP contribution in [0.25, 0.3) is 0 Å². The highest BCUT2D eigenvalue weighted by Gasteiger charge is 2.38. The first kappa shape index (κ1) is 23.1. The molecule has 6 heteroatoms. The Kier molecular flexibility index (Phi) is 7.53. The van der Waals surface area contributed by atoms with Crippen molar-refractivity contribution in [3.63, 3.8) is 0 Å². The van der Waals surface area contributed by atoms with E-state index < -0.39 is 0 Å². The van der Waals surface area contributed by atoms with Gasteiger partial charge in [0.2, 0.25) is 0 Å². The monoisotopic (exact) mass is 450 g/mol. The minimum Gasteiger partial charge on any atom is -0.492 e. The molecule has 1 aliphatic carbocycles. The lowest BCUT2D eigenvalue weighted by atomic mass is 9.68. The molecule has 0 spiro atoms. The zero-order valence-corrected chi connectivity index (χ0v) is 19.4. The van der Waals surface area contributed by atoms with E-state index in [1.165, 1.54) is 5.56 Å². The zero-order chi connectivity index (χ0) is 23.1. The number of hydrogen-bond acceptors (Lipinski definition) is 4. The molecule has 0 aromatic heterocycles. The Hall–Kier alpha value is -3.02. The quantitative estimate of drug-likeness (QED) is 0.569. The fourth-order valence-electron chi connectivity index (χ4n) is 4.92. The van der Waals surface area contributed by atoms with Crippen LogP contribution in [0.1, 0.15) is 66.9 Å². The van der Waals surface area contributed by atoms with Crippen LogP contribution in [0.5, 0.6) is 5.75 Å². The normalized spacial score (nSPS) is 21.5. The Bertz CT molecular complexity index is 952. The molecule has 176 valence electrons. The van der Waals surface area contributed by atoms with Gasteiger partial charge in [-0.05, 0) is 49.3 Å². The van der Waals surface area contributed by atoms with E-state index in [9.17, 15) is 9.59 Å². The molecular weight excluding hydrogens is 416 g/mol. The summed E-state index contributed by atoms with van der Waals surface area (Å²) in [5, 5.41) is 6.02.